The minimum atomic E-state index is 0.522. The number of benzene rings is 2. The highest BCUT2D eigenvalue weighted by atomic mass is 15.2. The summed E-state index contributed by atoms with van der Waals surface area (Å²) in [5.41, 5.74) is 9.73. The molecule has 104 valence electrons. The molecule has 0 bridgehead atoms. The summed E-state index contributed by atoms with van der Waals surface area (Å²) in [7, 11) is 0. The van der Waals surface area contributed by atoms with Crippen molar-refractivity contribution in [1.82, 2.24) is 4.98 Å². The van der Waals surface area contributed by atoms with E-state index in [0.29, 0.717) is 6.54 Å². The minimum absolute atomic E-state index is 0.522. The van der Waals surface area contributed by atoms with Crippen molar-refractivity contribution in [3.63, 3.8) is 0 Å². The smallest absolute Gasteiger partial charge is 0.137 e. The van der Waals surface area contributed by atoms with Crippen LogP contribution in [0.2, 0.25) is 0 Å². The molecular formula is C18H17N3. The minimum Gasteiger partial charge on any atom is -0.347 e. The van der Waals surface area contributed by atoms with Crippen molar-refractivity contribution in [2.45, 2.75) is 19.6 Å². The van der Waals surface area contributed by atoms with Crippen molar-refractivity contribution in [2.24, 2.45) is 5.73 Å². The van der Waals surface area contributed by atoms with Gasteiger partial charge in [0.1, 0.15) is 5.82 Å². The second-order valence-corrected chi connectivity index (χ2v) is 5.48. The molecule has 0 atom stereocenters. The monoisotopic (exact) mass is 275 g/mol. The lowest BCUT2D eigenvalue weighted by Crippen LogP contribution is -2.16. The van der Waals surface area contributed by atoms with E-state index in [1.165, 1.54) is 21.9 Å². The lowest BCUT2D eigenvalue weighted by Gasteiger charge is -2.19. The Bertz CT molecular complexity index is 785. The Labute approximate surface area is 124 Å². The van der Waals surface area contributed by atoms with Crippen molar-refractivity contribution in [2.75, 3.05) is 4.90 Å². The number of nitrogens with two attached hydrogens (primary N) is 1. The van der Waals surface area contributed by atoms with Crippen LogP contribution in [0.15, 0.2) is 54.7 Å². The summed E-state index contributed by atoms with van der Waals surface area (Å²) in [6.45, 7) is 2.37. The molecule has 3 nitrogen and oxygen atoms in total. The van der Waals surface area contributed by atoms with E-state index >= 15 is 0 Å². The molecule has 0 spiro atoms. The number of fused-ring (bicyclic) bond motifs is 2. The number of pyridine rings is 1. The Hall–Kier alpha value is -2.39. The first-order valence-electron chi connectivity index (χ1n) is 7.25. The van der Waals surface area contributed by atoms with Crippen LogP contribution in [0.3, 0.4) is 0 Å². The Morgan fingerprint density at radius 3 is 2.19 bits per heavy atom. The third kappa shape index (κ3) is 1.98. The molecule has 0 unspecified atom stereocenters. The maximum atomic E-state index is 5.83. The van der Waals surface area contributed by atoms with Crippen LogP contribution in [0.5, 0.6) is 0 Å². The largest absolute Gasteiger partial charge is 0.347 e. The lowest BCUT2D eigenvalue weighted by atomic mass is 10.1. The summed E-state index contributed by atoms with van der Waals surface area (Å²) in [4.78, 5) is 7.03. The van der Waals surface area contributed by atoms with E-state index in [1.807, 2.05) is 6.20 Å². The topological polar surface area (TPSA) is 42.1 Å². The van der Waals surface area contributed by atoms with Gasteiger partial charge < -0.3 is 10.6 Å². The van der Waals surface area contributed by atoms with Gasteiger partial charge in [-0.1, -0.05) is 48.5 Å². The van der Waals surface area contributed by atoms with Gasteiger partial charge in [-0.15, -0.1) is 0 Å². The lowest BCUT2D eigenvalue weighted by molar-refractivity contribution is 0.861. The maximum absolute atomic E-state index is 5.83. The summed E-state index contributed by atoms with van der Waals surface area (Å²) in [5.74, 6) is 1.05. The second kappa shape index (κ2) is 4.86. The van der Waals surface area contributed by atoms with Crippen molar-refractivity contribution >= 4 is 16.6 Å². The van der Waals surface area contributed by atoms with E-state index in [9.17, 15) is 0 Å². The van der Waals surface area contributed by atoms with Gasteiger partial charge in [0.05, 0.1) is 0 Å². The first kappa shape index (κ1) is 12.4. The zero-order valence-corrected chi connectivity index (χ0v) is 11.8. The van der Waals surface area contributed by atoms with E-state index in [4.69, 9.17) is 5.73 Å². The summed E-state index contributed by atoms with van der Waals surface area (Å²) < 4.78 is 0. The van der Waals surface area contributed by atoms with Crippen LogP contribution in [-0.2, 0) is 19.6 Å². The molecule has 0 amide bonds. The molecule has 1 aromatic heterocycles. The molecule has 0 fully saturated rings. The van der Waals surface area contributed by atoms with E-state index in [0.717, 1.165) is 24.5 Å². The molecule has 2 aromatic carbocycles. The second-order valence-electron chi connectivity index (χ2n) is 5.48. The number of aromatic nitrogens is 1. The van der Waals surface area contributed by atoms with Crippen molar-refractivity contribution in [3.8, 4) is 0 Å². The summed E-state index contributed by atoms with van der Waals surface area (Å²) in [6.07, 6.45) is 1.92. The fourth-order valence-electron chi connectivity index (χ4n) is 3.13. The molecule has 4 rings (SSSR count). The Morgan fingerprint density at radius 1 is 0.905 bits per heavy atom. The molecule has 1 aliphatic heterocycles. The van der Waals surface area contributed by atoms with Crippen LogP contribution in [0.25, 0.3) is 10.8 Å². The fourth-order valence-corrected chi connectivity index (χ4v) is 3.13. The van der Waals surface area contributed by atoms with Crippen LogP contribution in [0, 0.1) is 0 Å². The standard InChI is InChI=1S/C18H17N3/c19-9-15-10-20-18(17-8-4-3-7-16(15)17)21-11-13-5-1-2-6-14(13)12-21/h1-8,10H,9,11-12,19H2. The van der Waals surface area contributed by atoms with Crippen molar-refractivity contribution in [1.29, 1.82) is 0 Å². The molecule has 0 aliphatic carbocycles. The molecular weight excluding hydrogens is 258 g/mol. The van der Waals surface area contributed by atoms with Gasteiger partial charge in [-0.2, -0.15) is 0 Å². The average Bonchev–Trinajstić information content (AvgIpc) is 2.97. The van der Waals surface area contributed by atoms with E-state index < -0.39 is 0 Å². The molecule has 0 saturated heterocycles. The summed E-state index contributed by atoms with van der Waals surface area (Å²) >= 11 is 0. The Morgan fingerprint density at radius 2 is 1.52 bits per heavy atom. The number of hydrogen-bond donors (Lipinski definition) is 1. The Balaban J connectivity index is 1.82. The molecule has 21 heavy (non-hydrogen) atoms. The highest BCUT2D eigenvalue weighted by Gasteiger charge is 2.21. The highest BCUT2D eigenvalue weighted by molar-refractivity contribution is 5.94. The van der Waals surface area contributed by atoms with Crippen LogP contribution in [0.4, 0.5) is 5.82 Å². The normalized spacial score (nSPS) is 13.7. The van der Waals surface area contributed by atoms with Crippen molar-refractivity contribution in [3.05, 3.63) is 71.4 Å². The molecule has 1 aliphatic rings. The molecule has 0 radical (unpaired) electrons. The van der Waals surface area contributed by atoms with Gasteiger partial charge in [0, 0.05) is 31.2 Å². The molecule has 0 saturated carbocycles. The third-order valence-corrected chi connectivity index (χ3v) is 4.22. The van der Waals surface area contributed by atoms with E-state index in [-0.39, 0.29) is 0 Å². The zero-order chi connectivity index (χ0) is 14.2. The fraction of sp³-hybridized carbons (Fsp3) is 0.167. The van der Waals surface area contributed by atoms with Gasteiger partial charge in [0.25, 0.3) is 0 Å². The average molecular weight is 275 g/mol. The molecule has 2 heterocycles. The van der Waals surface area contributed by atoms with Gasteiger partial charge in [0.15, 0.2) is 0 Å². The molecule has 3 aromatic rings. The number of rotatable bonds is 2. The number of anilines is 1. The summed E-state index contributed by atoms with van der Waals surface area (Å²) in [6, 6.07) is 17.0. The zero-order valence-electron chi connectivity index (χ0n) is 11.8. The van der Waals surface area contributed by atoms with Gasteiger partial charge in [-0.3, -0.25) is 0 Å². The van der Waals surface area contributed by atoms with E-state index in [1.54, 1.807) is 0 Å². The van der Waals surface area contributed by atoms with Crippen LogP contribution in [0.1, 0.15) is 16.7 Å². The Kier molecular flexibility index (Phi) is 2.86. The van der Waals surface area contributed by atoms with Gasteiger partial charge in [0.2, 0.25) is 0 Å². The van der Waals surface area contributed by atoms with E-state index in [2.05, 4.69) is 58.4 Å². The number of nitrogens with zero attached hydrogens (tertiary/aromatic N) is 2. The first-order chi connectivity index (χ1) is 10.4. The predicted molar refractivity (Wildman–Crippen MR) is 86.0 cm³/mol. The maximum Gasteiger partial charge on any atom is 0.137 e. The van der Waals surface area contributed by atoms with Gasteiger partial charge in [-0.25, -0.2) is 4.98 Å². The third-order valence-electron chi connectivity index (χ3n) is 4.22. The molecule has 2 N–H and O–H groups in total. The summed E-state index contributed by atoms with van der Waals surface area (Å²) in [5, 5.41) is 2.40. The van der Waals surface area contributed by atoms with Gasteiger partial charge in [-0.05, 0) is 22.1 Å². The van der Waals surface area contributed by atoms with Crippen LogP contribution < -0.4 is 10.6 Å². The first-order valence-corrected chi connectivity index (χ1v) is 7.25. The quantitative estimate of drug-likeness (QED) is 0.781. The molecule has 3 heteroatoms. The highest BCUT2D eigenvalue weighted by Crippen LogP contribution is 2.32. The number of hydrogen-bond acceptors (Lipinski definition) is 3. The van der Waals surface area contributed by atoms with Gasteiger partial charge >= 0.3 is 0 Å². The van der Waals surface area contributed by atoms with Crippen molar-refractivity contribution < 1.29 is 0 Å². The SMILES string of the molecule is NCc1cnc(N2Cc3ccccc3C2)c2ccccc12. The van der Waals surface area contributed by atoms with Crippen LogP contribution in [-0.4, -0.2) is 4.98 Å². The van der Waals surface area contributed by atoms with Crippen LogP contribution >= 0.6 is 0 Å². The predicted octanol–water partition coefficient (Wildman–Crippen LogP) is 3.21.